The van der Waals surface area contributed by atoms with Crippen molar-refractivity contribution in [3.63, 3.8) is 0 Å². The van der Waals surface area contributed by atoms with Crippen molar-refractivity contribution in [2.75, 3.05) is 5.32 Å². The number of amides is 1. The Hall–Kier alpha value is -1.73. The van der Waals surface area contributed by atoms with Gasteiger partial charge in [0.15, 0.2) is 0 Å². The van der Waals surface area contributed by atoms with E-state index in [1.54, 1.807) is 0 Å². The number of hydrogen-bond donors (Lipinski definition) is 3. The first-order valence-electron chi connectivity index (χ1n) is 7.68. The number of rotatable bonds is 6. The molecule has 30 heavy (non-hydrogen) atoms. The van der Waals surface area contributed by atoms with Crippen LogP contribution < -0.4 is 34.9 Å². The van der Waals surface area contributed by atoms with E-state index in [9.17, 15) is 30.7 Å². The van der Waals surface area contributed by atoms with Gasteiger partial charge in [-0.25, -0.2) is 0 Å². The molecular formula is C17H14N2NaO7S3+. The van der Waals surface area contributed by atoms with Gasteiger partial charge in [-0.2, -0.15) is 21.8 Å². The second kappa shape index (κ2) is 10.5. The summed E-state index contributed by atoms with van der Waals surface area (Å²) in [5.41, 5.74) is 0.417. The molecule has 0 atom stereocenters. The molecule has 0 bridgehead atoms. The molecule has 0 aliphatic heterocycles. The molecule has 1 amide bonds. The van der Waals surface area contributed by atoms with Crippen LogP contribution in [0.1, 0.15) is 18.1 Å². The zero-order valence-electron chi connectivity index (χ0n) is 15.7. The summed E-state index contributed by atoms with van der Waals surface area (Å²) < 4.78 is 65.2. The molecule has 0 saturated carbocycles. The van der Waals surface area contributed by atoms with Gasteiger partial charge in [-0.1, -0.05) is 24.3 Å². The van der Waals surface area contributed by atoms with E-state index in [2.05, 4.69) is 22.5 Å². The molecule has 0 radical (unpaired) electrons. The fourth-order valence-electron chi connectivity index (χ4n) is 2.35. The second-order valence-corrected chi connectivity index (χ2v) is 8.61. The molecule has 9 nitrogen and oxygen atoms in total. The van der Waals surface area contributed by atoms with E-state index >= 15 is 0 Å². The Labute approximate surface area is 200 Å². The summed E-state index contributed by atoms with van der Waals surface area (Å²) in [5, 5.41) is 4.41. The number of hydrogen-bond acceptors (Lipinski definition) is 7. The second-order valence-electron chi connectivity index (χ2n) is 5.65. The molecule has 3 N–H and O–H groups in total. The molecule has 13 heteroatoms. The third kappa shape index (κ3) is 7.20. The maximum Gasteiger partial charge on any atom is 1.00 e. The minimum atomic E-state index is -4.61. The fraction of sp³-hybridized carbons (Fsp3) is 0.0588. The first-order valence-corrected chi connectivity index (χ1v) is 11.0. The van der Waals surface area contributed by atoms with Crippen molar-refractivity contribution in [3.8, 4) is 0 Å². The number of thiocarbonyl (C=S) groups is 1. The van der Waals surface area contributed by atoms with Crippen LogP contribution in [0, 0.1) is 0 Å². The number of isothiocyanates is 1. The molecule has 0 aliphatic carbocycles. The topological polar surface area (TPSA) is 150 Å². The SMILES string of the molecule is CC(=O)Nc1ccc(/C=C/c2ccc(N=C=S)c(S(=O)(=O)O)c2)c(S(=O)(=O)O)c1.[Na+]. The molecule has 0 aliphatic rings. The number of aliphatic imine (C=N–C) groups is 1. The molecule has 2 rings (SSSR count). The standard InChI is InChI=1S/C17H14N2O7S3.Na/c1-11(20)19-14-6-5-13(16(9-14)28(21,22)23)4-2-12-3-7-15(18-10-27)17(8-12)29(24,25)26;/h2-9H,1H3,(H,19,20)(H,21,22,23)(H,24,25,26);/q;+1/b4-2+;. The van der Waals surface area contributed by atoms with Gasteiger partial charge in [-0.3, -0.25) is 13.9 Å². The zero-order valence-corrected chi connectivity index (χ0v) is 20.2. The molecule has 0 fully saturated rings. The predicted molar refractivity (Wildman–Crippen MR) is 110 cm³/mol. The summed E-state index contributed by atoms with van der Waals surface area (Å²) in [6.45, 7) is 1.24. The van der Waals surface area contributed by atoms with Gasteiger partial charge in [0, 0.05) is 12.6 Å². The first kappa shape index (κ1) is 26.3. The molecule has 152 valence electrons. The van der Waals surface area contributed by atoms with Crippen molar-refractivity contribution in [3.05, 3.63) is 47.5 Å². The quantitative estimate of drug-likeness (QED) is 0.174. The number of carbonyl (C=O) groups is 1. The number of benzene rings is 2. The number of nitrogens with zero attached hydrogens (tertiary/aromatic N) is 1. The van der Waals surface area contributed by atoms with Gasteiger partial charge < -0.3 is 5.32 Å². The van der Waals surface area contributed by atoms with Crippen LogP contribution in [-0.2, 0) is 25.0 Å². The molecule has 0 heterocycles. The third-order valence-corrected chi connectivity index (χ3v) is 5.38. The van der Waals surface area contributed by atoms with E-state index in [0.29, 0.717) is 0 Å². The van der Waals surface area contributed by atoms with E-state index in [0.717, 1.165) is 12.1 Å². The maximum atomic E-state index is 11.7. The Kier molecular flexibility index (Phi) is 9.24. The van der Waals surface area contributed by atoms with Crippen LogP contribution >= 0.6 is 12.2 Å². The first-order chi connectivity index (χ1) is 13.4. The molecule has 0 aromatic heterocycles. The summed E-state index contributed by atoms with van der Waals surface area (Å²) >= 11 is 4.44. The molecule has 0 spiro atoms. The smallest absolute Gasteiger partial charge is 0.326 e. The molecular weight excluding hydrogens is 463 g/mol. The third-order valence-electron chi connectivity index (χ3n) is 3.50. The summed E-state index contributed by atoms with van der Waals surface area (Å²) in [6.07, 6.45) is 2.67. The van der Waals surface area contributed by atoms with Crippen LogP contribution in [0.15, 0.2) is 51.2 Å². The Morgan fingerprint density at radius 1 is 1.03 bits per heavy atom. The van der Waals surface area contributed by atoms with Crippen LogP contribution in [0.25, 0.3) is 12.2 Å². The van der Waals surface area contributed by atoms with Gasteiger partial charge in [0.2, 0.25) is 5.91 Å². The van der Waals surface area contributed by atoms with Gasteiger partial charge >= 0.3 is 29.6 Å². The average Bonchev–Trinajstić information content (AvgIpc) is 2.59. The Morgan fingerprint density at radius 2 is 1.67 bits per heavy atom. The molecule has 2 aromatic rings. The fourth-order valence-corrected chi connectivity index (χ4v) is 3.82. The zero-order chi connectivity index (χ0) is 21.8. The minimum absolute atomic E-state index is 0. The number of anilines is 1. The van der Waals surface area contributed by atoms with Gasteiger partial charge in [0.25, 0.3) is 20.2 Å². The van der Waals surface area contributed by atoms with E-state index in [-0.39, 0.29) is 52.1 Å². The van der Waals surface area contributed by atoms with Crippen molar-refractivity contribution in [2.45, 2.75) is 16.7 Å². The van der Waals surface area contributed by atoms with Crippen molar-refractivity contribution in [1.29, 1.82) is 0 Å². The van der Waals surface area contributed by atoms with Crippen LogP contribution in [0.2, 0.25) is 0 Å². The molecule has 2 aromatic carbocycles. The van der Waals surface area contributed by atoms with E-state index in [4.69, 9.17) is 0 Å². The summed E-state index contributed by atoms with van der Waals surface area (Å²) in [6, 6.07) is 7.70. The van der Waals surface area contributed by atoms with Crippen LogP contribution in [0.3, 0.4) is 0 Å². The molecule has 0 unspecified atom stereocenters. The Morgan fingerprint density at radius 3 is 2.20 bits per heavy atom. The molecule has 0 saturated heterocycles. The Bertz CT molecular complexity index is 1270. The number of carbonyl (C=O) groups excluding carboxylic acids is 1. The van der Waals surface area contributed by atoms with Crippen molar-refractivity contribution >= 4 is 67.0 Å². The minimum Gasteiger partial charge on any atom is -0.326 e. The summed E-state index contributed by atoms with van der Waals surface area (Å²) in [5.74, 6) is -0.425. The van der Waals surface area contributed by atoms with E-state index in [1.165, 1.54) is 43.3 Å². The summed E-state index contributed by atoms with van der Waals surface area (Å²) in [7, 11) is -9.21. The van der Waals surface area contributed by atoms with E-state index in [1.807, 2.05) is 5.16 Å². The number of nitrogens with one attached hydrogen (secondary N) is 1. The monoisotopic (exact) mass is 477 g/mol. The Balaban J connectivity index is 0.00000450. The van der Waals surface area contributed by atoms with Crippen molar-refractivity contribution in [1.82, 2.24) is 0 Å². The maximum absolute atomic E-state index is 11.7. The van der Waals surface area contributed by atoms with Crippen molar-refractivity contribution in [2.24, 2.45) is 4.99 Å². The van der Waals surface area contributed by atoms with Crippen LogP contribution in [0.5, 0.6) is 0 Å². The largest absolute Gasteiger partial charge is 1.00 e. The predicted octanol–water partition coefficient (Wildman–Crippen LogP) is 0.0471. The van der Waals surface area contributed by atoms with Gasteiger partial charge in [-0.15, -0.1) is 0 Å². The van der Waals surface area contributed by atoms with E-state index < -0.39 is 35.9 Å². The van der Waals surface area contributed by atoms with Crippen molar-refractivity contribution < 1.29 is 60.3 Å². The van der Waals surface area contributed by atoms with Gasteiger partial charge in [0.1, 0.15) is 9.79 Å². The van der Waals surface area contributed by atoms with Crippen LogP contribution in [-0.4, -0.2) is 37.0 Å². The van der Waals surface area contributed by atoms with Gasteiger partial charge in [-0.05, 0) is 47.6 Å². The normalized spacial score (nSPS) is 11.4. The summed E-state index contributed by atoms with van der Waals surface area (Å²) in [4.78, 5) is 13.7. The average molecular weight is 477 g/mol. The van der Waals surface area contributed by atoms with Gasteiger partial charge in [0.05, 0.1) is 10.8 Å². The van der Waals surface area contributed by atoms with Crippen LogP contribution in [0.4, 0.5) is 11.4 Å².